The lowest BCUT2D eigenvalue weighted by atomic mass is 10.1. The van der Waals surface area contributed by atoms with Gasteiger partial charge >= 0.3 is 0 Å². The fourth-order valence-electron chi connectivity index (χ4n) is 2.75. The Morgan fingerprint density at radius 2 is 2.14 bits per heavy atom. The lowest BCUT2D eigenvalue weighted by Crippen LogP contribution is -2.34. The normalized spacial score (nSPS) is 22.6. The highest BCUT2D eigenvalue weighted by Gasteiger charge is 2.37. The molecule has 2 atom stereocenters. The molecule has 2 N–H and O–H groups in total. The van der Waals surface area contributed by atoms with Gasteiger partial charge in [0.2, 0.25) is 10.0 Å². The van der Waals surface area contributed by atoms with Crippen LogP contribution in [-0.4, -0.2) is 31.9 Å². The molecule has 0 radical (unpaired) electrons. The van der Waals surface area contributed by atoms with Gasteiger partial charge in [-0.15, -0.1) is 12.4 Å². The van der Waals surface area contributed by atoms with Crippen molar-refractivity contribution in [1.29, 1.82) is 5.26 Å². The molecule has 5 nitrogen and oxygen atoms in total. The molecule has 2 rings (SSSR count). The third-order valence-corrected chi connectivity index (χ3v) is 5.97. The van der Waals surface area contributed by atoms with E-state index in [-0.39, 0.29) is 29.3 Å². The minimum Gasteiger partial charge on any atom is -0.330 e. The van der Waals surface area contributed by atoms with E-state index in [2.05, 4.69) is 0 Å². The number of benzene rings is 1. The molecule has 1 heterocycles. The van der Waals surface area contributed by atoms with E-state index in [0.717, 1.165) is 6.42 Å². The Labute approximate surface area is 132 Å². The monoisotopic (exact) mass is 329 g/mol. The lowest BCUT2D eigenvalue weighted by Gasteiger charge is -2.22. The number of nitrogens with two attached hydrogens (primary N) is 1. The first-order valence-electron chi connectivity index (χ1n) is 6.62. The molecule has 0 bridgehead atoms. The zero-order chi connectivity index (χ0) is 14.9. The Bertz CT molecular complexity index is 655. The molecule has 1 aromatic carbocycles. The van der Waals surface area contributed by atoms with E-state index in [4.69, 9.17) is 11.0 Å². The van der Waals surface area contributed by atoms with E-state index in [1.807, 2.05) is 13.0 Å². The zero-order valence-electron chi connectivity index (χ0n) is 12.1. The minimum atomic E-state index is -3.52. The second-order valence-electron chi connectivity index (χ2n) is 5.35. The summed E-state index contributed by atoms with van der Waals surface area (Å²) in [6, 6.07) is 6.65. The largest absolute Gasteiger partial charge is 0.330 e. The first-order chi connectivity index (χ1) is 9.40. The number of aryl methyl sites for hydroxylation is 1. The van der Waals surface area contributed by atoms with Crippen molar-refractivity contribution in [1.82, 2.24) is 4.31 Å². The van der Waals surface area contributed by atoms with Crippen LogP contribution in [0.5, 0.6) is 0 Å². The summed E-state index contributed by atoms with van der Waals surface area (Å²) < 4.78 is 27.0. The van der Waals surface area contributed by atoms with Gasteiger partial charge in [-0.2, -0.15) is 9.57 Å². The summed E-state index contributed by atoms with van der Waals surface area (Å²) in [5, 5.41) is 8.85. The van der Waals surface area contributed by atoms with Gasteiger partial charge in [0.1, 0.15) is 0 Å². The average molecular weight is 330 g/mol. The number of rotatable bonds is 3. The molecule has 1 aliphatic rings. The van der Waals surface area contributed by atoms with Crippen molar-refractivity contribution >= 4 is 22.4 Å². The van der Waals surface area contributed by atoms with Crippen LogP contribution in [0.3, 0.4) is 0 Å². The molecule has 2 unspecified atom stereocenters. The Hall–Kier alpha value is -1.13. The highest BCUT2D eigenvalue weighted by atomic mass is 35.5. The molecule has 1 aromatic rings. The second kappa shape index (κ2) is 6.75. The van der Waals surface area contributed by atoms with Crippen molar-refractivity contribution in [3.8, 4) is 6.07 Å². The Kier molecular flexibility index (Phi) is 5.76. The van der Waals surface area contributed by atoms with Crippen molar-refractivity contribution < 1.29 is 8.42 Å². The standard InChI is InChI=1S/C14H19N3O2S.ClH/c1-10-5-12(7-15)3-4-14(10)20(18,19)17-9-13(8-16)6-11(17)2;/h3-5,11,13H,6,8-9,16H2,1-2H3;1H. The third-order valence-electron chi connectivity index (χ3n) is 3.83. The van der Waals surface area contributed by atoms with Crippen LogP contribution in [0.1, 0.15) is 24.5 Å². The number of hydrogen-bond acceptors (Lipinski definition) is 4. The molecule has 1 saturated heterocycles. The summed E-state index contributed by atoms with van der Waals surface area (Å²) in [7, 11) is -3.52. The van der Waals surface area contributed by atoms with Crippen molar-refractivity contribution in [3.05, 3.63) is 29.3 Å². The van der Waals surface area contributed by atoms with E-state index >= 15 is 0 Å². The van der Waals surface area contributed by atoms with Crippen LogP contribution in [0.15, 0.2) is 23.1 Å². The summed E-state index contributed by atoms with van der Waals surface area (Å²) in [4.78, 5) is 0.279. The van der Waals surface area contributed by atoms with E-state index < -0.39 is 10.0 Å². The second-order valence-corrected chi connectivity index (χ2v) is 7.21. The molecular weight excluding hydrogens is 310 g/mol. The predicted octanol–water partition coefficient (Wildman–Crippen LogP) is 1.65. The number of nitriles is 1. The summed E-state index contributed by atoms with van der Waals surface area (Å²) in [5.74, 6) is 0.221. The SMILES string of the molecule is Cc1cc(C#N)ccc1S(=O)(=O)N1CC(CN)CC1C.Cl. The predicted molar refractivity (Wildman–Crippen MR) is 83.7 cm³/mol. The van der Waals surface area contributed by atoms with E-state index in [1.54, 1.807) is 19.1 Å². The van der Waals surface area contributed by atoms with Crippen LogP contribution in [0.2, 0.25) is 0 Å². The van der Waals surface area contributed by atoms with Crippen molar-refractivity contribution in [2.45, 2.75) is 31.2 Å². The topological polar surface area (TPSA) is 87.2 Å². The molecule has 0 amide bonds. The van der Waals surface area contributed by atoms with Crippen molar-refractivity contribution in [2.75, 3.05) is 13.1 Å². The average Bonchev–Trinajstić information content (AvgIpc) is 2.80. The summed E-state index contributed by atoms with van der Waals surface area (Å²) in [5.41, 5.74) is 6.72. The number of sulfonamides is 1. The van der Waals surface area contributed by atoms with Gasteiger partial charge in [0.25, 0.3) is 0 Å². The van der Waals surface area contributed by atoms with Crippen LogP contribution >= 0.6 is 12.4 Å². The van der Waals surface area contributed by atoms with Gasteiger partial charge in [-0.1, -0.05) is 0 Å². The number of hydrogen-bond donors (Lipinski definition) is 1. The van der Waals surface area contributed by atoms with Gasteiger partial charge in [0, 0.05) is 12.6 Å². The quantitative estimate of drug-likeness (QED) is 0.913. The van der Waals surface area contributed by atoms with Gasteiger partial charge in [0.05, 0.1) is 16.5 Å². The maximum atomic E-state index is 12.7. The smallest absolute Gasteiger partial charge is 0.243 e. The molecule has 0 aliphatic carbocycles. The molecule has 7 heteroatoms. The third kappa shape index (κ3) is 3.38. The van der Waals surface area contributed by atoms with Gasteiger partial charge in [0.15, 0.2) is 0 Å². The number of nitrogens with zero attached hydrogens (tertiary/aromatic N) is 2. The van der Waals surface area contributed by atoms with Crippen LogP contribution in [0, 0.1) is 24.2 Å². The maximum absolute atomic E-state index is 12.7. The molecule has 116 valence electrons. The van der Waals surface area contributed by atoms with Gasteiger partial charge in [-0.05, 0) is 56.5 Å². The fourth-order valence-corrected chi connectivity index (χ4v) is 4.67. The van der Waals surface area contributed by atoms with Gasteiger partial charge < -0.3 is 5.73 Å². The van der Waals surface area contributed by atoms with Crippen LogP contribution in [-0.2, 0) is 10.0 Å². The lowest BCUT2D eigenvalue weighted by molar-refractivity contribution is 0.404. The first-order valence-corrected chi connectivity index (χ1v) is 8.06. The number of halogens is 1. The fraction of sp³-hybridized carbons (Fsp3) is 0.500. The van der Waals surface area contributed by atoms with E-state index in [9.17, 15) is 8.42 Å². The molecule has 1 aliphatic heterocycles. The summed E-state index contributed by atoms with van der Waals surface area (Å²) in [6.07, 6.45) is 0.797. The molecule has 21 heavy (non-hydrogen) atoms. The van der Waals surface area contributed by atoms with Crippen molar-refractivity contribution in [3.63, 3.8) is 0 Å². The zero-order valence-corrected chi connectivity index (χ0v) is 13.7. The van der Waals surface area contributed by atoms with Gasteiger partial charge in [-0.25, -0.2) is 8.42 Å². The van der Waals surface area contributed by atoms with Crippen LogP contribution < -0.4 is 5.73 Å². The first kappa shape index (κ1) is 17.9. The molecular formula is C14H20ClN3O2S. The molecule has 0 saturated carbocycles. The highest BCUT2D eigenvalue weighted by molar-refractivity contribution is 7.89. The van der Waals surface area contributed by atoms with Gasteiger partial charge in [-0.3, -0.25) is 0 Å². The summed E-state index contributed by atoms with van der Waals surface area (Å²) in [6.45, 7) is 4.60. The Morgan fingerprint density at radius 3 is 2.62 bits per heavy atom. The summed E-state index contributed by atoms with van der Waals surface area (Å²) >= 11 is 0. The van der Waals surface area contributed by atoms with E-state index in [0.29, 0.717) is 24.2 Å². The Morgan fingerprint density at radius 1 is 1.48 bits per heavy atom. The highest BCUT2D eigenvalue weighted by Crippen LogP contribution is 2.30. The van der Waals surface area contributed by atoms with Crippen LogP contribution in [0.25, 0.3) is 0 Å². The van der Waals surface area contributed by atoms with Crippen molar-refractivity contribution in [2.24, 2.45) is 11.7 Å². The van der Waals surface area contributed by atoms with E-state index in [1.165, 1.54) is 10.4 Å². The minimum absolute atomic E-state index is 0. The molecule has 0 aromatic heterocycles. The molecule has 1 fully saturated rings. The maximum Gasteiger partial charge on any atom is 0.243 e. The molecule has 0 spiro atoms. The Balaban J connectivity index is 0.00000220. The van der Waals surface area contributed by atoms with Crippen LogP contribution in [0.4, 0.5) is 0 Å².